The molecule has 9 heteroatoms. The Hall–Kier alpha value is -1.74. The highest BCUT2D eigenvalue weighted by Crippen LogP contribution is 2.24. The number of rotatable bonds is 8. The zero-order valence-electron chi connectivity index (χ0n) is 13.8. The van der Waals surface area contributed by atoms with Crippen LogP contribution in [0.1, 0.15) is 30.5 Å². The Balaban J connectivity index is 1.71. The molecule has 0 radical (unpaired) electrons. The number of ether oxygens (including phenoxy) is 1. The highest BCUT2D eigenvalue weighted by Gasteiger charge is 2.31. The number of hydrogen-bond acceptors (Lipinski definition) is 6. The normalized spacial score (nSPS) is 19.8. The predicted octanol–water partition coefficient (Wildman–Crippen LogP) is 0.656. The van der Waals surface area contributed by atoms with Gasteiger partial charge in [0, 0.05) is 38.9 Å². The zero-order valence-corrected chi connectivity index (χ0v) is 14.7. The van der Waals surface area contributed by atoms with Crippen molar-refractivity contribution in [1.29, 1.82) is 0 Å². The predicted molar refractivity (Wildman–Crippen MR) is 88.5 cm³/mol. The second kappa shape index (κ2) is 7.43. The molecule has 24 heavy (non-hydrogen) atoms. The molecule has 0 saturated carbocycles. The second-order valence-corrected chi connectivity index (χ2v) is 8.29. The maximum absolute atomic E-state index is 11.8. The molecule has 0 N–H and O–H groups in total. The van der Waals surface area contributed by atoms with Crippen molar-refractivity contribution in [2.24, 2.45) is 0 Å². The molecule has 0 amide bonds. The van der Waals surface area contributed by atoms with Crippen molar-refractivity contribution < 1.29 is 13.2 Å². The van der Waals surface area contributed by atoms with Crippen LogP contribution in [-0.2, 0) is 34.0 Å². The first-order valence-corrected chi connectivity index (χ1v) is 10.0. The Bertz CT molecular complexity index is 754. The van der Waals surface area contributed by atoms with Gasteiger partial charge < -0.3 is 4.74 Å². The molecule has 1 aliphatic heterocycles. The van der Waals surface area contributed by atoms with Crippen molar-refractivity contribution in [1.82, 2.24) is 24.5 Å². The molecule has 0 aliphatic carbocycles. The van der Waals surface area contributed by atoms with E-state index in [0.717, 1.165) is 31.0 Å². The van der Waals surface area contributed by atoms with Crippen LogP contribution in [-0.4, -0.2) is 58.2 Å². The van der Waals surface area contributed by atoms with Crippen LogP contribution in [0.3, 0.4) is 0 Å². The lowest BCUT2D eigenvalue weighted by Crippen LogP contribution is -2.16. The average Bonchev–Trinajstić information content (AvgIpc) is 3.25. The molecule has 2 aromatic heterocycles. The number of methoxy groups -OCH3 is 1. The van der Waals surface area contributed by atoms with Gasteiger partial charge in [0.25, 0.3) is 0 Å². The number of nitrogens with zero attached hydrogens (tertiary/aromatic N) is 5. The van der Waals surface area contributed by atoms with Gasteiger partial charge in [-0.05, 0) is 18.9 Å². The lowest BCUT2D eigenvalue weighted by Gasteiger charge is -2.11. The largest absolute Gasteiger partial charge is 0.384 e. The Morgan fingerprint density at radius 2 is 2.25 bits per heavy atom. The number of aromatic nitrogens is 5. The average molecular weight is 353 g/mol. The van der Waals surface area contributed by atoms with Crippen molar-refractivity contribution in [2.45, 2.75) is 38.3 Å². The van der Waals surface area contributed by atoms with E-state index >= 15 is 0 Å². The highest BCUT2D eigenvalue weighted by molar-refractivity contribution is 7.91. The summed E-state index contributed by atoms with van der Waals surface area (Å²) in [7, 11) is -1.31. The van der Waals surface area contributed by atoms with Crippen LogP contribution in [0, 0.1) is 0 Å². The minimum Gasteiger partial charge on any atom is -0.384 e. The van der Waals surface area contributed by atoms with E-state index in [0.29, 0.717) is 19.4 Å². The van der Waals surface area contributed by atoms with Crippen LogP contribution in [0.5, 0.6) is 0 Å². The molecule has 1 fully saturated rings. The van der Waals surface area contributed by atoms with E-state index < -0.39 is 9.84 Å². The van der Waals surface area contributed by atoms with Gasteiger partial charge in [-0.25, -0.2) is 18.1 Å². The molecule has 3 rings (SSSR count). The van der Waals surface area contributed by atoms with Gasteiger partial charge in [-0.1, -0.05) is 0 Å². The maximum atomic E-state index is 11.8. The van der Waals surface area contributed by atoms with E-state index in [-0.39, 0.29) is 17.5 Å². The molecule has 0 aromatic carbocycles. The Morgan fingerprint density at radius 1 is 1.38 bits per heavy atom. The van der Waals surface area contributed by atoms with Gasteiger partial charge in [0.15, 0.2) is 15.7 Å². The molecule has 1 atom stereocenters. The fourth-order valence-corrected chi connectivity index (χ4v) is 4.66. The topological polar surface area (TPSA) is 91.9 Å². The van der Waals surface area contributed by atoms with Gasteiger partial charge in [-0.15, -0.1) is 0 Å². The Morgan fingerprint density at radius 3 is 2.92 bits per heavy atom. The molecule has 1 aliphatic rings. The van der Waals surface area contributed by atoms with Gasteiger partial charge in [-0.2, -0.15) is 10.2 Å². The molecular formula is C15H23N5O3S. The fourth-order valence-electron chi connectivity index (χ4n) is 2.97. The number of aryl methyl sites for hydroxylation is 2. The lowest BCUT2D eigenvalue weighted by atomic mass is 10.2. The monoisotopic (exact) mass is 353 g/mol. The first-order chi connectivity index (χ1) is 11.6. The third kappa shape index (κ3) is 4.21. The summed E-state index contributed by atoms with van der Waals surface area (Å²) in [6, 6.07) is 1.80. The summed E-state index contributed by atoms with van der Waals surface area (Å²) in [5.74, 6) is 1.97. The molecule has 0 bridgehead atoms. The molecule has 3 heterocycles. The van der Waals surface area contributed by atoms with Crippen LogP contribution < -0.4 is 0 Å². The van der Waals surface area contributed by atoms with Crippen LogP contribution >= 0.6 is 0 Å². The SMILES string of the molecule is COCCc1nc(CCCn2cccn2)n([C@@H]2CCS(=O)(=O)C2)n1. The lowest BCUT2D eigenvalue weighted by molar-refractivity contribution is 0.200. The minimum atomic E-state index is -2.95. The van der Waals surface area contributed by atoms with Gasteiger partial charge in [0.1, 0.15) is 5.82 Å². The van der Waals surface area contributed by atoms with Crippen LogP contribution in [0.4, 0.5) is 0 Å². The molecule has 132 valence electrons. The molecule has 2 aromatic rings. The van der Waals surface area contributed by atoms with Crippen LogP contribution in [0.25, 0.3) is 0 Å². The summed E-state index contributed by atoms with van der Waals surface area (Å²) in [6.07, 6.45) is 6.56. The third-order valence-corrected chi connectivity index (χ3v) is 5.93. The summed E-state index contributed by atoms with van der Waals surface area (Å²) in [5, 5.41) is 8.74. The van der Waals surface area contributed by atoms with Crippen molar-refractivity contribution in [2.75, 3.05) is 25.2 Å². The van der Waals surface area contributed by atoms with Gasteiger partial charge in [0.05, 0.1) is 24.2 Å². The molecule has 0 unspecified atom stereocenters. The quantitative estimate of drug-likeness (QED) is 0.692. The molecule has 1 saturated heterocycles. The summed E-state index contributed by atoms with van der Waals surface area (Å²) in [6.45, 7) is 1.36. The van der Waals surface area contributed by atoms with E-state index in [2.05, 4.69) is 15.2 Å². The second-order valence-electron chi connectivity index (χ2n) is 6.06. The van der Waals surface area contributed by atoms with Crippen molar-refractivity contribution in [3.05, 3.63) is 30.1 Å². The fraction of sp³-hybridized carbons (Fsp3) is 0.667. The van der Waals surface area contributed by atoms with E-state index in [4.69, 9.17) is 4.74 Å². The molecule has 8 nitrogen and oxygen atoms in total. The van der Waals surface area contributed by atoms with Gasteiger partial charge in [-0.3, -0.25) is 4.68 Å². The van der Waals surface area contributed by atoms with E-state index in [1.807, 2.05) is 21.6 Å². The van der Waals surface area contributed by atoms with Crippen molar-refractivity contribution >= 4 is 9.84 Å². The molecule has 0 spiro atoms. The van der Waals surface area contributed by atoms with E-state index in [1.54, 1.807) is 13.3 Å². The summed E-state index contributed by atoms with van der Waals surface area (Å²) < 4.78 is 32.4. The number of sulfone groups is 1. The minimum absolute atomic E-state index is 0.0986. The smallest absolute Gasteiger partial charge is 0.153 e. The summed E-state index contributed by atoms with van der Waals surface area (Å²) >= 11 is 0. The van der Waals surface area contributed by atoms with Crippen molar-refractivity contribution in [3.63, 3.8) is 0 Å². The van der Waals surface area contributed by atoms with E-state index in [1.165, 1.54) is 0 Å². The highest BCUT2D eigenvalue weighted by atomic mass is 32.2. The maximum Gasteiger partial charge on any atom is 0.153 e. The third-order valence-electron chi connectivity index (χ3n) is 4.18. The standard InChI is InChI=1S/C15H23N5O3S/c1-23-10-5-14-17-15(4-2-8-19-9-3-7-16-19)20(18-14)13-6-11-24(21,22)12-13/h3,7,9,13H,2,4-6,8,10-12H2,1H3/t13-/m1/s1. The first kappa shape index (κ1) is 17.1. The summed E-state index contributed by atoms with van der Waals surface area (Å²) in [4.78, 5) is 4.61. The van der Waals surface area contributed by atoms with Crippen LogP contribution in [0.2, 0.25) is 0 Å². The zero-order chi connectivity index (χ0) is 17.0. The number of hydrogen-bond donors (Lipinski definition) is 0. The Labute approximate surface area is 141 Å². The first-order valence-electron chi connectivity index (χ1n) is 8.18. The van der Waals surface area contributed by atoms with E-state index in [9.17, 15) is 8.42 Å². The summed E-state index contributed by atoms with van der Waals surface area (Å²) in [5.41, 5.74) is 0. The van der Waals surface area contributed by atoms with Gasteiger partial charge in [0.2, 0.25) is 0 Å². The van der Waals surface area contributed by atoms with Gasteiger partial charge >= 0.3 is 0 Å². The van der Waals surface area contributed by atoms with Crippen LogP contribution in [0.15, 0.2) is 18.5 Å². The molecular weight excluding hydrogens is 330 g/mol. The Kier molecular flexibility index (Phi) is 5.30. The van der Waals surface area contributed by atoms with Crippen molar-refractivity contribution in [3.8, 4) is 0 Å².